The molecule has 2 unspecified atom stereocenters. The average Bonchev–Trinajstić information content (AvgIpc) is 3.79. The zero-order valence-corrected chi connectivity index (χ0v) is 29.6. The molecule has 3 fully saturated rings. The largest absolute Gasteiger partial charge is 0.481 e. The Kier molecular flexibility index (Phi) is 8.05. The van der Waals surface area contributed by atoms with Crippen LogP contribution in [-0.4, -0.2) is 46.4 Å². The van der Waals surface area contributed by atoms with Gasteiger partial charge in [0.1, 0.15) is 28.5 Å². The molecule has 0 spiro atoms. The normalized spacial score (nSPS) is 20.0. The summed E-state index contributed by atoms with van der Waals surface area (Å²) >= 11 is 0. The molecule has 7 aromatic rings. The van der Waals surface area contributed by atoms with E-state index in [0.29, 0.717) is 34.0 Å². The number of carbonyl (C=O) groups is 1. The Morgan fingerprint density at radius 2 is 1.40 bits per heavy atom. The highest BCUT2D eigenvalue weighted by atomic mass is 19.1. The number of rotatable bonds is 9. The van der Waals surface area contributed by atoms with Gasteiger partial charge in [0.05, 0.1) is 22.9 Å². The van der Waals surface area contributed by atoms with E-state index in [4.69, 9.17) is 20.1 Å². The molecular weight excluding hydrogens is 666 g/mol. The molecule has 10 heteroatoms. The number of carboxylic acids is 1. The fraction of sp³-hybridized carbons (Fsp3) is 0.279. The van der Waals surface area contributed by atoms with E-state index in [0.717, 1.165) is 47.8 Å². The minimum absolute atomic E-state index is 0.0795. The molecule has 53 heavy (non-hydrogen) atoms. The van der Waals surface area contributed by atoms with Crippen LogP contribution < -0.4 is 5.32 Å². The molecular formula is C43H40FN7O2. The van der Waals surface area contributed by atoms with Gasteiger partial charge in [-0.25, -0.2) is 24.0 Å². The fourth-order valence-corrected chi connectivity index (χ4v) is 9.12. The summed E-state index contributed by atoms with van der Waals surface area (Å²) in [6.07, 6.45) is 7.05. The second kappa shape index (κ2) is 12.9. The van der Waals surface area contributed by atoms with Gasteiger partial charge in [0.25, 0.3) is 0 Å². The molecule has 2 N–H and O–H groups in total. The summed E-state index contributed by atoms with van der Waals surface area (Å²) in [7, 11) is 0. The smallest absolute Gasteiger partial charge is 0.308 e. The molecule has 3 saturated carbocycles. The third-order valence-corrected chi connectivity index (χ3v) is 11.5. The number of benzene rings is 3. The predicted octanol–water partition coefficient (Wildman–Crippen LogP) is 8.70. The van der Waals surface area contributed by atoms with Gasteiger partial charge in [-0.1, -0.05) is 91.0 Å². The Balaban J connectivity index is 1.32. The lowest BCUT2D eigenvalue weighted by Crippen LogP contribution is -2.51. The predicted molar refractivity (Wildman–Crippen MR) is 203 cm³/mol. The standard InChI is InChI=1S/C43H40FN7O2/c1-26(2)50-23-22-33-38(46-36-28-20-18-27(19-21-28)35(36)42(52)53)47-39(48-41(33)50)37-34-24-32(44)25-45-40(34)51(49-37)43(29-12-6-3-7-13-29,30-14-8-4-9-15-30)31-16-10-5-11-17-31/h3-17,22-28,35-36H,18-21H2,1-2H3,(H,52,53)(H,46,47,48). The van der Waals surface area contributed by atoms with Crippen molar-refractivity contribution >= 4 is 33.9 Å². The van der Waals surface area contributed by atoms with Crippen molar-refractivity contribution in [3.63, 3.8) is 0 Å². The molecule has 4 heterocycles. The summed E-state index contributed by atoms with van der Waals surface area (Å²) in [5, 5.41) is 20.7. The van der Waals surface area contributed by atoms with Crippen LogP contribution in [0.15, 0.2) is 116 Å². The quantitative estimate of drug-likeness (QED) is 0.145. The van der Waals surface area contributed by atoms with Crippen molar-refractivity contribution in [2.24, 2.45) is 17.8 Å². The molecule has 0 saturated heterocycles. The Bertz CT molecular complexity index is 2340. The topological polar surface area (TPSA) is 111 Å². The molecule has 2 bridgehead atoms. The van der Waals surface area contributed by atoms with Gasteiger partial charge in [-0.2, -0.15) is 5.10 Å². The van der Waals surface area contributed by atoms with Crippen molar-refractivity contribution < 1.29 is 14.3 Å². The van der Waals surface area contributed by atoms with Crippen molar-refractivity contribution in [3.8, 4) is 11.5 Å². The number of pyridine rings is 1. The number of halogens is 1. The van der Waals surface area contributed by atoms with Gasteiger partial charge in [-0.05, 0) is 80.2 Å². The summed E-state index contributed by atoms with van der Waals surface area (Å²) in [4.78, 5) is 27.7. The van der Waals surface area contributed by atoms with Gasteiger partial charge in [0.15, 0.2) is 11.5 Å². The molecule has 4 aromatic heterocycles. The van der Waals surface area contributed by atoms with E-state index in [2.05, 4.69) is 60.1 Å². The van der Waals surface area contributed by atoms with Gasteiger partial charge in [0, 0.05) is 18.3 Å². The summed E-state index contributed by atoms with van der Waals surface area (Å²) in [6, 6.07) is 33.7. The number of hydrogen-bond acceptors (Lipinski definition) is 6. The maximum absolute atomic E-state index is 15.4. The first kappa shape index (κ1) is 33.0. The first-order valence-electron chi connectivity index (χ1n) is 18.4. The maximum Gasteiger partial charge on any atom is 0.308 e. The lowest BCUT2D eigenvalue weighted by molar-refractivity contribution is -0.148. The number of nitrogens with zero attached hydrogens (tertiary/aromatic N) is 6. The Morgan fingerprint density at radius 3 is 1.96 bits per heavy atom. The molecule has 266 valence electrons. The summed E-state index contributed by atoms with van der Waals surface area (Å²) in [5.41, 5.74) is 3.33. The van der Waals surface area contributed by atoms with Crippen LogP contribution >= 0.6 is 0 Å². The second-order valence-electron chi connectivity index (χ2n) is 14.8. The summed E-state index contributed by atoms with van der Waals surface area (Å²) in [6.45, 7) is 4.18. The van der Waals surface area contributed by atoms with Gasteiger partial charge in [-0.3, -0.25) is 4.79 Å². The van der Waals surface area contributed by atoms with E-state index in [1.54, 1.807) is 0 Å². The van der Waals surface area contributed by atoms with Crippen LogP contribution in [0, 0.1) is 23.6 Å². The monoisotopic (exact) mass is 705 g/mol. The molecule has 3 aliphatic carbocycles. The number of carboxylic acid groups (broad SMARTS) is 1. The highest BCUT2D eigenvalue weighted by Crippen LogP contribution is 2.47. The van der Waals surface area contributed by atoms with Crippen molar-refractivity contribution in [2.75, 3.05) is 5.32 Å². The molecule has 0 aliphatic heterocycles. The maximum atomic E-state index is 15.4. The van der Waals surface area contributed by atoms with Crippen LogP contribution in [0.3, 0.4) is 0 Å². The number of hydrogen-bond donors (Lipinski definition) is 2. The molecule has 9 nitrogen and oxygen atoms in total. The molecule has 3 aliphatic rings. The van der Waals surface area contributed by atoms with Crippen LogP contribution in [0.25, 0.3) is 33.6 Å². The molecule has 10 rings (SSSR count). The van der Waals surface area contributed by atoms with Crippen molar-refractivity contribution in [2.45, 2.75) is 57.2 Å². The van der Waals surface area contributed by atoms with E-state index in [9.17, 15) is 9.90 Å². The van der Waals surface area contributed by atoms with Crippen molar-refractivity contribution in [3.05, 3.63) is 138 Å². The zero-order chi connectivity index (χ0) is 36.3. The first-order valence-corrected chi connectivity index (χ1v) is 18.4. The van der Waals surface area contributed by atoms with E-state index in [-0.39, 0.29) is 23.9 Å². The van der Waals surface area contributed by atoms with E-state index in [1.165, 1.54) is 12.3 Å². The minimum Gasteiger partial charge on any atom is -0.481 e. The molecule has 2 atom stereocenters. The SMILES string of the molecule is CC(C)n1ccc2c(NC3C4CCC(CC4)C3C(=O)O)nc(-c3nn(C(c4ccccc4)(c4ccccc4)c4ccccc4)c4ncc(F)cc34)nc21. The Morgan fingerprint density at radius 1 is 0.811 bits per heavy atom. The van der Waals surface area contributed by atoms with E-state index < -0.39 is 23.2 Å². The van der Waals surface area contributed by atoms with Crippen LogP contribution in [0.5, 0.6) is 0 Å². The van der Waals surface area contributed by atoms with Crippen molar-refractivity contribution in [1.29, 1.82) is 0 Å². The third kappa shape index (κ3) is 5.30. The number of aliphatic carboxylic acids is 1. The lowest BCUT2D eigenvalue weighted by Gasteiger charge is -2.47. The van der Waals surface area contributed by atoms with Crippen LogP contribution in [0.2, 0.25) is 0 Å². The van der Waals surface area contributed by atoms with Gasteiger partial charge in [0.2, 0.25) is 0 Å². The highest BCUT2D eigenvalue weighted by Gasteiger charge is 2.48. The summed E-state index contributed by atoms with van der Waals surface area (Å²) in [5.74, 6) is -0.577. The zero-order valence-electron chi connectivity index (χ0n) is 29.6. The molecule has 0 amide bonds. The number of nitrogens with one attached hydrogen (secondary N) is 1. The van der Waals surface area contributed by atoms with E-state index in [1.807, 2.05) is 71.5 Å². The second-order valence-corrected chi connectivity index (χ2v) is 14.8. The first-order chi connectivity index (χ1) is 25.8. The number of fused-ring (bicyclic) bond motifs is 5. The third-order valence-electron chi connectivity index (χ3n) is 11.5. The number of anilines is 1. The van der Waals surface area contributed by atoms with Crippen LogP contribution in [0.4, 0.5) is 10.2 Å². The summed E-state index contributed by atoms with van der Waals surface area (Å²) < 4.78 is 19.3. The van der Waals surface area contributed by atoms with Gasteiger partial charge >= 0.3 is 5.97 Å². The van der Waals surface area contributed by atoms with Crippen LogP contribution in [0.1, 0.15) is 62.3 Å². The van der Waals surface area contributed by atoms with E-state index >= 15 is 4.39 Å². The Labute approximate surface area is 306 Å². The molecule has 0 radical (unpaired) electrons. The van der Waals surface area contributed by atoms with Gasteiger partial charge < -0.3 is 15.0 Å². The average molecular weight is 706 g/mol. The molecule has 3 aromatic carbocycles. The highest BCUT2D eigenvalue weighted by molar-refractivity contribution is 5.94. The Hall–Kier alpha value is -5.90. The number of aromatic nitrogens is 6. The minimum atomic E-state index is -1.02. The van der Waals surface area contributed by atoms with Crippen molar-refractivity contribution in [1.82, 2.24) is 29.3 Å². The lowest BCUT2D eigenvalue weighted by atomic mass is 9.61. The van der Waals surface area contributed by atoms with Crippen LogP contribution in [-0.2, 0) is 10.3 Å². The fourth-order valence-electron chi connectivity index (χ4n) is 9.12. The van der Waals surface area contributed by atoms with Gasteiger partial charge in [-0.15, -0.1) is 0 Å².